The second kappa shape index (κ2) is 4.66. The van der Waals surface area contributed by atoms with Gasteiger partial charge in [-0.1, -0.05) is 11.6 Å². The van der Waals surface area contributed by atoms with Crippen molar-refractivity contribution in [3.63, 3.8) is 0 Å². The van der Waals surface area contributed by atoms with Crippen molar-refractivity contribution in [1.29, 1.82) is 0 Å². The van der Waals surface area contributed by atoms with Crippen molar-refractivity contribution < 1.29 is 9.50 Å². The van der Waals surface area contributed by atoms with Crippen molar-refractivity contribution in [2.45, 2.75) is 20.0 Å². The fourth-order valence-corrected chi connectivity index (χ4v) is 1.98. The average Bonchev–Trinajstić information content (AvgIpc) is 2.30. The fourth-order valence-electron chi connectivity index (χ4n) is 1.98. The minimum Gasteiger partial charge on any atom is -0.392 e. The standard InChI is InChI=1S/C13H16FNO/c1-10-4-6-15(7-5-10)13-3-2-12(14)8-11(13)9-16/h2-4,8,16H,5-7,9H2,1H3. The lowest BCUT2D eigenvalue weighted by Crippen LogP contribution is -2.29. The molecule has 1 aromatic rings. The number of halogens is 1. The molecule has 0 aromatic heterocycles. The maximum Gasteiger partial charge on any atom is 0.123 e. The summed E-state index contributed by atoms with van der Waals surface area (Å²) in [4.78, 5) is 2.16. The van der Waals surface area contributed by atoms with Crippen molar-refractivity contribution in [2.75, 3.05) is 18.0 Å². The zero-order valence-electron chi connectivity index (χ0n) is 9.41. The molecule has 0 saturated carbocycles. The minimum atomic E-state index is -0.295. The van der Waals surface area contributed by atoms with Gasteiger partial charge in [0.1, 0.15) is 5.82 Å². The molecule has 0 atom stereocenters. The van der Waals surface area contributed by atoms with Crippen molar-refractivity contribution in [2.24, 2.45) is 0 Å². The molecule has 0 spiro atoms. The van der Waals surface area contributed by atoms with Gasteiger partial charge in [0.15, 0.2) is 0 Å². The normalized spacial score (nSPS) is 16.2. The summed E-state index contributed by atoms with van der Waals surface area (Å²) in [5.74, 6) is -0.295. The van der Waals surface area contributed by atoms with Crippen LogP contribution in [0.5, 0.6) is 0 Å². The lowest BCUT2D eigenvalue weighted by atomic mass is 10.1. The van der Waals surface area contributed by atoms with Crippen LogP contribution in [0.3, 0.4) is 0 Å². The van der Waals surface area contributed by atoms with Crippen LogP contribution in [0.25, 0.3) is 0 Å². The van der Waals surface area contributed by atoms with Gasteiger partial charge in [-0.15, -0.1) is 0 Å². The Morgan fingerprint density at radius 3 is 2.88 bits per heavy atom. The Labute approximate surface area is 95.0 Å². The molecule has 1 heterocycles. The molecule has 1 aliphatic heterocycles. The van der Waals surface area contributed by atoms with Gasteiger partial charge >= 0.3 is 0 Å². The summed E-state index contributed by atoms with van der Waals surface area (Å²) in [6.45, 7) is 3.77. The van der Waals surface area contributed by atoms with E-state index in [4.69, 9.17) is 0 Å². The molecule has 0 aliphatic carbocycles. The highest BCUT2D eigenvalue weighted by molar-refractivity contribution is 5.54. The molecule has 1 aliphatic rings. The number of aliphatic hydroxyl groups is 1. The van der Waals surface area contributed by atoms with E-state index >= 15 is 0 Å². The van der Waals surface area contributed by atoms with Crippen LogP contribution in [-0.2, 0) is 6.61 Å². The summed E-state index contributed by atoms with van der Waals surface area (Å²) in [6, 6.07) is 4.59. The highest BCUT2D eigenvalue weighted by Crippen LogP contribution is 2.24. The molecule has 2 nitrogen and oxygen atoms in total. The van der Waals surface area contributed by atoms with E-state index in [-0.39, 0.29) is 12.4 Å². The highest BCUT2D eigenvalue weighted by atomic mass is 19.1. The number of aliphatic hydroxyl groups excluding tert-OH is 1. The molecule has 2 rings (SSSR count). The third kappa shape index (κ3) is 2.25. The third-order valence-electron chi connectivity index (χ3n) is 2.99. The topological polar surface area (TPSA) is 23.5 Å². The lowest BCUT2D eigenvalue weighted by Gasteiger charge is -2.29. The third-order valence-corrected chi connectivity index (χ3v) is 2.99. The van der Waals surface area contributed by atoms with Gasteiger partial charge < -0.3 is 10.0 Å². The van der Waals surface area contributed by atoms with Gasteiger partial charge in [-0.25, -0.2) is 4.39 Å². The number of hydrogen-bond donors (Lipinski definition) is 1. The molecule has 1 aromatic carbocycles. The molecule has 0 saturated heterocycles. The van der Waals surface area contributed by atoms with E-state index in [0.717, 1.165) is 25.2 Å². The molecule has 3 heteroatoms. The van der Waals surface area contributed by atoms with E-state index < -0.39 is 0 Å². The molecule has 0 bridgehead atoms. The molecule has 0 fully saturated rings. The molecular weight excluding hydrogens is 205 g/mol. The lowest BCUT2D eigenvalue weighted by molar-refractivity contribution is 0.281. The SMILES string of the molecule is CC1=CCN(c2ccc(F)cc2CO)CC1. The van der Waals surface area contributed by atoms with E-state index in [1.54, 1.807) is 6.07 Å². The van der Waals surface area contributed by atoms with Crippen LogP contribution in [0.2, 0.25) is 0 Å². The maximum atomic E-state index is 13.0. The zero-order chi connectivity index (χ0) is 11.5. The van der Waals surface area contributed by atoms with Crippen LogP contribution in [0.15, 0.2) is 29.8 Å². The summed E-state index contributed by atoms with van der Waals surface area (Å²) in [6.07, 6.45) is 3.20. The molecule has 0 amide bonds. The van der Waals surface area contributed by atoms with Crippen molar-refractivity contribution in [3.05, 3.63) is 41.2 Å². The molecule has 1 N–H and O–H groups in total. The van der Waals surface area contributed by atoms with Gasteiger partial charge in [-0.2, -0.15) is 0 Å². The summed E-state index contributed by atoms with van der Waals surface area (Å²) < 4.78 is 13.0. The largest absolute Gasteiger partial charge is 0.392 e. The zero-order valence-corrected chi connectivity index (χ0v) is 9.41. The van der Waals surface area contributed by atoms with E-state index in [0.29, 0.717) is 5.56 Å². The second-order valence-corrected chi connectivity index (χ2v) is 4.18. The second-order valence-electron chi connectivity index (χ2n) is 4.18. The molecule has 0 unspecified atom stereocenters. The average molecular weight is 221 g/mol. The number of benzene rings is 1. The van der Waals surface area contributed by atoms with Gasteiger partial charge in [0.25, 0.3) is 0 Å². The number of anilines is 1. The fraction of sp³-hybridized carbons (Fsp3) is 0.385. The molecular formula is C13H16FNO. The first kappa shape index (κ1) is 11.1. The van der Waals surface area contributed by atoms with E-state index in [1.807, 2.05) is 0 Å². The van der Waals surface area contributed by atoms with Crippen LogP contribution in [0.4, 0.5) is 10.1 Å². The monoisotopic (exact) mass is 221 g/mol. The number of hydrogen-bond acceptors (Lipinski definition) is 2. The van der Waals surface area contributed by atoms with Crippen LogP contribution in [-0.4, -0.2) is 18.2 Å². The summed E-state index contributed by atoms with van der Waals surface area (Å²) in [5.41, 5.74) is 2.99. The molecule has 16 heavy (non-hydrogen) atoms. The van der Waals surface area contributed by atoms with Gasteiger partial charge in [-0.05, 0) is 31.5 Å². The first-order chi connectivity index (χ1) is 7.70. The van der Waals surface area contributed by atoms with Gasteiger partial charge in [-0.3, -0.25) is 0 Å². The Morgan fingerprint density at radius 2 is 2.25 bits per heavy atom. The van der Waals surface area contributed by atoms with Gasteiger partial charge in [0.05, 0.1) is 6.61 Å². The maximum absolute atomic E-state index is 13.0. The van der Waals surface area contributed by atoms with Gasteiger partial charge in [0, 0.05) is 24.3 Å². The van der Waals surface area contributed by atoms with Crippen LogP contribution < -0.4 is 4.90 Å². The van der Waals surface area contributed by atoms with Crippen molar-refractivity contribution in [1.82, 2.24) is 0 Å². The predicted octanol–water partition coefficient (Wildman–Crippen LogP) is 2.47. The Hall–Kier alpha value is -1.35. The van der Waals surface area contributed by atoms with Crippen LogP contribution in [0.1, 0.15) is 18.9 Å². The highest BCUT2D eigenvalue weighted by Gasteiger charge is 2.13. The number of rotatable bonds is 2. The summed E-state index contributed by atoms with van der Waals surface area (Å²) in [7, 11) is 0. The van der Waals surface area contributed by atoms with E-state index in [9.17, 15) is 9.50 Å². The Kier molecular flexibility index (Phi) is 3.25. The van der Waals surface area contributed by atoms with Crippen molar-refractivity contribution in [3.8, 4) is 0 Å². The Bertz CT molecular complexity index is 414. The quantitative estimate of drug-likeness (QED) is 0.775. The number of nitrogens with zero attached hydrogens (tertiary/aromatic N) is 1. The minimum absolute atomic E-state index is 0.119. The van der Waals surface area contributed by atoms with Crippen LogP contribution >= 0.6 is 0 Å². The Balaban J connectivity index is 2.27. The van der Waals surface area contributed by atoms with Crippen LogP contribution in [0, 0.1) is 5.82 Å². The van der Waals surface area contributed by atoms with Crippen molar-refractivity contribution >= 4 is 5.69 Å². The summed E-state index contributed by atoms with van der Waals surface area (Å²) in [5, 5.41) is 9.22. The first-order valence-electron chi connectivity index (χ1n) is 5.50. The first-order valence-corrected chi connectivity index (χ1v) is 5.50. The van der Waals surface area contributed by atoms with Gasteiger partial charge in [0.2, 0.25) is 0 Å². The predicted molar refractivity (Wildman–Crippen MR) is 62.9 cm³/mol. The molecule has 0 radical (unpaired) electrons. The molecule has 86 valence electrons. The van der Waals surface area contributed by atoms with E-state index in [1.165, 1.54) is 17.7 Å². The smallest absolute Gasteiger partial charge is 0.123 e. The van der Waals surface area contributed by atoms with E-state index in [2.05, 4.69) is 17.9 Å². The Morgan fingerprint density at radius 1 is 1.44 bits per heavy atom. The summed E-state index contributed by atoms with van der Waals surface area (Å²) >= 11 is 0.